The number of rotatable bonds is 24. The molecule has 0 saturated carbocycles. The average molecular weight is 1080 g/mol. The summed E-state index contributed by atoms with van der Waals surface area (Å²) < 4.78 is 137. The smallest absolute Gasteiger partial charge is 0.295 e. The Labute approximate surface area is 410 Å². The first kappa shape index (κ1) is 54.3. The highest BCUT2D eigenvalue weighted by atomic mass is 32.2. The van der Waals surface area contributed by atoms with Crippen LogP contribution in [-0.2, 0) is 40.5 Å². The fourth-order valence-electron chi connectivity index (χ4n) is 6.43. The second kappa shape index (κ2) is 23.0. The zero-order chi connectivity index (χ0) is 52.4. The normalized spacial score (nSPS) is 12.2. The summed E-state index contributed by atoms with van der Waals surface area (Å²) in [7, 11) is -19.2. The van der Waals surface area contributed by atoms with Crippen molar-refractivity contribution in [2.75, 3.05) is 83.7 Å². The van der Waals surface area contributed by atoms with Gasteiger partial charge in [0.1, 0.15) is 9.79 Å². The van der Waals surface area contributed by atoms with Crippen LogP contribution in [0.1, 0.15) is 11.1 Å². The van der Waals surface area contributed by atoms with Crippen molar-refractivity contribution in [3.8, 4) is 0 Å². The Morgan fingerprint density at radius 2 is 0.750 bits per heavy atom. The van der Waals surface area contributed by atoms with E-state index in [9.17, 15) is 72.3 Å². The lowest BCUT2D eigenvalue weighted by Crippen LogP contribution is -2.31. The summed E-state index contributed by atoms with van der Waals surface area (Å²) in [5.74, 6) is -1.05. The standard InChI is InChI=1S/C40H44N12O16S4/c53-18-14-51(15-19-54)39-47-35(41-27-10-12-31(13-11-27)69(57,58)59)45-37(49-39)43-29-8-6-25(33(23-29)71(63,64)65)4-5-26-7-9-30(24-34(26)72(66,67)68)44-38-46-36(48-40(50-38)52(16-20-55)17-21-56)42-28-2-1-3-32(22-28)70(60,61)62/h1-13,22-24,53-56H,14-21H2,(H,57,58,59)(H,60,61,62)(H,63,64,65)(H,66,67,68)(H2,41,43,45,47,49)(H2,42,44,46,48,50)/b5-4+. The highest BCUT2D eigenvalue weighted by Crippen LogP contribution is 2.30. The van der Waals surface area contributed by atoms with Crippen LogP contribution in [0, 0.1) is 0 Å². The molecule has 2 heterocycles. The van der Waals surface area contributed by atoms with Crippen LogP contribution in [0.15, 0.2) is 105 Å². The molecule has 0 atom stereocenters. The van der Waals surface area contributed by atoms with Gasteiger partial charge in [0, 0.05) is 48.9 Å². The molecule has 72 heavy (non-hydrogen) atoms. The predicted octanol–water partition coefficient (Wildman–Crippen LogP) is 1.77. The molecule has 4 aromatic carbocycles. The Balaban J connectivity index is 1.32. The maximum absolute atomic E-state index is 12.8. The topological polar surface area (TPSA) is 430 Å². The van der Waals surface area contributed by atoms with Gasteiger partial charge in [-0.2, -0.15) is 63.6 Å². The SMILES string of the molecule is O=S(=O)(O)c1ccc(Nc2nc(Nc3ccc(/C=C/c4ccc(Nc5nc(Nc6cccc(S(=O)(=O)O)c6)nc(N(CCO)CCO)n5)cc4S(=O)(=O)O)c(S(=O)(=O)O)c3)nc(N(CCO)CCO)n2)cc1. The van der Waals surface area contributed by atoms with Crippen LogP contribution in [0.25, 0.3) is 12.2 Å². The molecule has 12 N–H and O–H groups in total. The van der Waals surface area contributed by atoms with E-state index in [1.165, 1.54) is 58.3 Å². The van der Waals surface area contributed by atoms with Gasteiger partial charge >= 0.3 is 0 Å². The number of anilines is 10. The van der Waals surface area contributed by atoms with Gasteiger partial charge in [-0.3, -0.25) is 18.2 Å². The third-order valence-corrected chi connectivity index (χ3v) is 13.2. The van der Waals surface area contributed by atoms with Gasteiger partial charge in [0.15, 0.2) is 0 Å². The van der Waals surface area contributed by atoms with Crippen molar-refractivity contribution < 1.29 is 72.3 Å². The Kier molecular flexibility index (Phi) is 17.3. The van der Waals surface area contributed by atoms with Crippen molar-refractivity contribution in [1.82, 2.24) is 29.9 Å². The van der Waals surface area contributed by atoms with Crippen LogP contribution >= 0.6 is 0 Å². The van der Waals surface area contributed by atoms with E-state index in [2.05, 4.69) is 51.2 Å². The first-order chi connectivity index (χ1) is 34.0. The molecule has 6 rings (SSSR count). The van der Waals surface area contributed by atoms with E-state index < -0.39 is 73.3 Å². The molecule has 2 aromatic heterocycles. The van der Waals surface area contributed by atoms with Gasteiger partial charge in [0.05, 0.1) is 36.2 Å². The minimum Gasteiger partial charge on any atom is -0.395 e. The molecule has 0 bridgehead atoms. The number of aromatic nitrogens is 6. The number of hydrogen-bond donors (Lipinski definition) is 12. The number of benzene rings is 4. The van der Waals surface area contributed by atoms with Gasteiger partial charge in [-0.25, -0.2) is 0 Å². The van der Waals surface area contributed by atoms with Crippen LogP contribution in [0.3, 0.4) is 0 Å². The van der Waals surface area contributed by atoms with E-state index in [0.717, 1.165) is 48.6 Å². The predicted molar refractivity (Wildman–Crippen MR) is 260 cm³/mol. The molecule has 32 heteroatoms. The molecule has 384 valence electrons. The molecule has 0 spiro atoms. The fraction of sp³-hybridized carbons (Fsp3) is 0.200. The third kappa shape index (κ3) is 14.7. The van der Waals surface area contributed by atoms with Gasteiger partial charge in [0.25, 0.3) is 40.5 Å². The Bertz CT molecular complexity index is 3400. The summed E-state index contributed by atoms with van der Waals surface area (Å²) >= 11 is 0. The Morgan fingerprint density at radius 1 is 0.403 bits per heavy atom. The highest BCUT2D eigenvalue weighted by molar-refractivity contribution is 7.86. The van der Waals surface area contributed by atoms with Gasteiger partial charge in [-0.05, 0) is 77.9 Å². The maximum Gasteiger partial charge on any atom is 0.295 e. The quantitative estimate of drug-likeness (QED) is 0.0303. The lowest BCUT2D eigenvalue weighted by Gasteiger charge is -2.21. The molecule has 0 unspecified atom stereocenters. The van der Waals surface area contributed by atoms with Crippen LogP contribution in [0.4, 0.5) is 58.4 Å². The number of aliphatic hydroxyl groups is 4. The minimum absolute atomic E-state index is 0.0207. The number of nitrogens with one attached hydrogen (secondary N) is 4. The molecule has 0 saturated heterocycles. The largest absolute Gasteiger partial charge is 0.395 e. The maximum atomic E-state index is 12.8. The minimum atomic E-state index is -5.04. The monoisotopic (exact) mass is 1080 g/mol. The van der Waals surface area contributed by atoms with Crippen molar-refractivity contribution in [2.45, 2.75) is 19.6 Å². The van der Waals surface area contributed by atoms with Gasteiger partial charge in [-0.1, -0.05) is 30.4 Å². The Morgan fingerprint density at radius 3 is 1.10 bits per heavy atom. The molecular formula is C40H44N12O16S4. The van der Waals surface area contributed by atoms with Crippen LogP contribution in [0.5, 0.6) is 0 Å². The lowest BCUT2D eigenvalue weighted by molar-refractivity contribution is 0.279. The van der Waals surface area contributed by atoms with Gasteiger partial charge < -0.3 is 51.5 Å². The summed E-state index contributed by atoms with van der Waals surface area (Å²) in [6.07, 6.45) is 2.26. The molecule has 0 fully saturated rings. The molecular weight excluding hydrogens is 1030 g/mol. The average Bonchev–Trinajstić information content (AvgIpc) is 3.30. The number of aliphatic hydroxyl groups excluding tert-OH is 4. The highest BCUT2D eigenvalue weighted by Gasteiger charge is 2.21. The number of hydrogen-bond acceptors (Lipinski definition) is 24. The molecule has 28 nitrogen and oxygen atoms in total. The first-order valence-electron chi connectivity index (χ1n) is 20.6. The third-order valence-electron chi connectivity index (χ3n) is 9.63. The lowest BCUT2D eigenvalue weighted by atomic mass is 10.1. The zero-order valence-corrected chi connectivity index (χ0v) is 40.2. The van der Waals surface area contributed by atoms with Crippen molar-refractivity contribution in [3.63, 3.8) is 0 Å². The zero-order valence-electron chi connectivity index (χ0n) is 36.9. The van der Waals surface area contributed by atoms with E-state index >= 15 is 0 Å². The van der Waals surface area contributed by atoms with E-state index in [1.807, 2.05) is 0 Å². The molecule has 0 aliphatic carbocycles. The van der Waals surface area contributed by atoms with Crippen LogP contribution < -0.4 is 31.1 Å². The van der Waals surface area contributed by atoms with Crippen LogP contribution in [-0.4, -0.2) is 155 Å². The van der Waals surface area contributed by atoms with Gasteiger partial charge in [-0.15, -0.1) is 0 Å². The van der Waals surface area contributed by atoms with Crippen molar-refractivity contribution in [3.05, 3.63) is 96.1 Å². The summed E-state index contributed by atoms with van der Waals surface area (Å²) in [6.45, 7) is -1.76. The molecule has 0 radical (unpaired) electrons. The van der Waals surface area contributed by atoms with E-state index in [0.29, 0.717) is 0 Å². The second-order valence-corrected chi connectivity index (χ2v) is 20.3. The molecule has 0 amide bonds. The fourth-order valence-corrected chi connectivity index (χ4v) is 8.86. The van der Waals surface area contributed by atoms with E-state index in [1.54, 1.807) is 0 Å². The summed E-state index contributed by atoms with van der Waals surface area (Å²) in [6, 6.07) is 16.9. The van der Waals surface area contributed by atoms with E-state index in [4.69, 9.17) is 0 Å². The van der Waals surface area contributed by atoms with Crippen molar-refractivity contribution in [2.24, 2.45) is 0 Å². The number of nitrogens with zero attached hydrogens (tertiary/aromatic N) is 8. The summed E-state index contributed by atoms with van der Waals surface area (Å²) in [5, 5.41) is 49.8. The van der Waals surface area contributed by atoms with Crippen molar-refractivity contribution >= 4 is 111 Å². The van der Waals surface area contributed by atoms with Crippen molar-refractivity contribution in [1.29, 1.82) is 0 Å². The molecule has 6 aromatic rings. The Hall–Kier alpha value is -7.08. The van der Waals surface area contributed by atoms with Gasteiger partial charge in [0.2, 0.25) is 35.7 Å². The summed E-state index contributed by atoms with van der Waals surface area (Å²) in [4.78, 5) is 26.3. The van der Waals surface area contributed by atoms with Crippen LogP contribution in [0.2, 0.25) is 0 Å². The first-order valence-corrected chi connectivity index (χ1v) is 26.3. The molecule has 0 aliphatic rings. The summed E-state index contributed by atoms with van der Waals surface area (Å²) in [5.41, 5.74) is -0.0573. The molecule has 0 aliphatic heterocycles. The van der Waals surface area contributed by atoms with E-state index in [-0.39, 0.29) is 109 Å². The second-order valence-electron chi connectivity index (χ2n) is 14.7.